The van der Waals surface area contributed by atoms with Crippen molar-refractivity contribution in [3.8, 4) is 0 Å². The zero-order valence-electron chi connectivity index (χ0n) is 12.5. The highest BCUT2D eigenvalue weighted by Gasteiger charge is 2.15. The Balaban J connectivity index is 1.98. The lowest BCUT2D eigenvalue weighted by Gasteiger charge is -2.13. The quantitative estimate of drug-likeness (QED) is 0.929. The summed E-state index contributed by atoms with van der Waals surface area (Å²) in [7, 11) is 0. The van der Waals surface area contributed by atoms with Crippen LogP contribution in [0.4, 0.5) is 5.69 Å². The molecule has 0 spiro atoms. The van der Waals surface area contributed by atoms with E-state index < -0.39 is 0 Å². The van der Waals surface area contributed by atoms with Gasteiger partial charge in [-0.3, -0.25) is 9.48 Å². The SMILES string of the molecule is Cc1ccc(NC(=O)[C@H](C)Cn2nc(C)cc2C)cc1. The molecule has 0 radical (unpaired) electrons. The van der Waals surface area contributed by atoms with E-state index in [-0.39, 0.29) is 11.8 Å². The Labute approximate surface area is 119 Å². The number of nitrogens with zero attached hydrogens (tertiary/aromatic N) is 2. The number of amides is 1. The molecule has 4 heteroatoms. The second kappa shape index (κ2) is 5.90. The number of benzene rings is 1. The monoisotopic (exact) mass is 271 g/mol. The molecule has 1 aromatic heterocycles. The Morgan fingerprint density at radius 2 is 1.90 bits per heavy atom. The van der Waals surface area contributed by atoms with Crippen LogP contribution in [0.2, 0.25) is 0 Å². The van der Waals surface area contributed by atoms with Gasteiger partial charge in [-0.15, -0.1) is 0 Å². The summed E-state index contributed by atoms with van der Waals surface area (Å²) in [5.74, 6) is -0.115. The summed E-state index contributed by atoms with van der Waals surface area (Å²) in [6.07, 6.45) is 0. The van der Waals surface area contributed by atoms with Crippen LogP contribution >= 0.6 is 0 Å². The lowest BCUT2D eigenvalue weighted by atomic mass is 10.1. The fourth-order valence-electron chi connectivity index (χ4n) is 2.10. The third-order valence-electron chi connectivity index (χ3n) is 3.32. The average Bonchev–Trinajstić information content (AvgIpc) is 2.70. The van der Waals surface area contributed by atoms with Crippen LogP contribution in [-0.4, -0.2) is 15.7 Å². The number of rotatable bonds is 4. The van der Waals surface area contributed by atoms with E-state index in [0.29, 0.717) is 6.54 Å². The van der Waals surface area contributed by atoms with Gasteiger partial charge in [-0.25, -0.2) is 0 Å². The minimum atomic E-state index is -0.130. The van der Waals surface area contributed by atoms with Crippen LogP contribution in [0.25, 0.3) is 0 Å². The first-order valence-corrected chi connectivity index (χ1v) is 6.84. The van der Waals surface area contributed by atoms with E-state index in [1.54, 1.807) is 0 Å². The minimum Gasteiger partial charge on any atom is -0.326 e. The standard InChI is InChI=1S/C16H21N3O/c1-11-5-7-15(8-6-11)17-16(20)12(2)10-19-14(4)9-13(3)18-19/h5-9,12H,10H2,1-4H3,(H,17,20)/t12-/m1/s1. The highest BCUT2D eigenvalue weighted by atomic mass is 16.1. The molecule has 1 atom stereocenters. The lowest BCUT2D eigenvalue weighted by molar-refractivity contribution is -0.119. The molecule has 0 aliphatic carbocycles. The molecule has 0 fully saturated rings. The van der Waals surface area contributed by atoms with Crippen molar-refractivity contribution < 1.29 is 4.79 Å². The third-order valence-corrected chi connectivity index (χ3v) is 3.32. The maximum absolute atomic E-state index is 12.2. The van der Waals surface area contributed by atoms with Gasteiger partial charge in [-0.2, -0.15) is 5.10 Å². The molecule has 2 rings (SSSR count). The summed E-state index contributed by atoms with van der Waals surface area (Å²) in [6.45, 7) is 8.50. The molecular weight excluding hydrogens is 250 g/mol. The Hall–Kier alpha value is -2.10. The Morgan fingerprint density at radius 1 is 1.25 bits per heavy atom. The predicted octanol–water partition coefficient (Wildman–Crippen LogP) is 3.08. The van der Waals surface area contributed by atoms with E-state index >= 15 is 0 Å². The largest absolute Gasteiger partial charge is 0.326 e. The lowest BCUT2D eigenvalue weighted by Crippen LogP contribution is -2.25. The molecular formula is C16H21N3O. The van der Waals surface area contributed by atoms with Crippen molar-refractivity contribution in [2.24, 2.45) is 5.92 Å². The summed E-state index contributed by atoms with van der Waals surface area (Å²) < 4.78 is 1.88. The van der Waals surface area contributed by atoms with Gasteiger partial charge >= 0.3 is 0 Å². The summed E-state index contributed by atoms with van der Waals surface area (Å²) >= 11 is 0. The maximum atomic E-state index is 12.2. The normalized spacial score (nSPS) is 12.2. The molecule has 2 aromatic rings. The van der Waals surface area contributed by atoms with Crippen molar-refractivity contribution in [2.75, 3.05) is 5.32 Å². The van der Waals surface area contributed by atoms with Gasteiger partial charge in [0.15, 0.2) is 0 Å². The highest BCUT2D eigenvalue weighted by Crippen LogP contribution is 2.12. The first-order chi connectivity index (χ1) is 9.45. The molecule has 1 N–H and O–H groups in total. The number of aryl methyl sites for hydroxylation is 3. The summed E-state index contributed by atoms with van der Waals surface area (Å²) in [6, 6.07) is 9.83. The number of nitrogens with one attached hydrogen (secondary N) is 1. The van der Waals surface area contributed by atoms with Crippen molar-refractivity contribution in [3.05, 3.63) is 47.3 Å². The van der Waals surface area contributed by atoms with Crippen molar-refractivity contribution in [1.82, 2.24) is 9.78 Å². The molecule has 0 saturated carbocycles. The van der Waals surface area contributed by atoms with Gasteiger partial charge in [-0.05, 0) is 39.0 Å². The van der Waals surface area contributed by atoms with Crippen molar-refractivity contribution in [1.29, 1.82) is 0 Å². The van der Waals surface area contributed by atoms with E-state index in [2.05, 4.69) is 10.4 Å². The van der Waals surface area contributed by atoms with Gasteiger partial charge in [0.1, 0.15) is 0 Å². The molecule has 0 bridgehead atoms. The second-order valence-corrected chi connectivity index (χ2v) is 5.37. The van der Waals surface area contributed by atoms with Crippen LogP contribution in [0.1, 0.15) is 23.9 Å². The van der Waals surface area contributed by atoms with Gasteiger partial charge in [-0.1, -0.05) is 24.6 Å². The zero-order chi connectivity index (χ0) is 14.7. The smallest absolute Gasteiger partial charge is 0.229 e. The summed E-state index contributed by atoms with van der Waals surface area (Å²) in [4.78, 5) is 12.2. The molecule has 0 saturated heterocycles. The number of aromatic nitrogens is 2. The van der Waals surface area contributed by atoms with Crippen LogP contribution in [0, 0.1) is 26.7 Å². The number of hydrogen-bond acceptors (Lipinski definition) is 2. The fourth-order valence-corrected chi connectivity index (χ4v) is 2.10. The van der Waals surface area contributed by atoms with Crippen molar-refractivity contribution in [2.45, 2.75) is 34.2 Å². The van der Waals surface area contributed by atoms with Crippen LogP contribution in [0.5, 0.6) is 0 Å². The van der Waals surface area contributed by atoms with Gasteiger partial charge in [0.05, 0.1) is 18.2 Å². The van der Waals surface area contributed by atoms with E-state index in [0.717, 1.165) is 17.1 Å². The maximum Gasteiger partial charge on any atom is 0.229 e. The van der Waals surface area contributed by atoms with Crippen LogP contribution in [0.3, 0.4) is 0 Å². The summed E-state index contributed by atoms with van der Waals surface area (Å²) in [5, 5.41) is 7.32. The number of anilines is 1. The predicted molar refractivity (Wildman–Crippen MR) is 80.7 cm³/mol. The molecule has 1 amide bonds. The first kappa shape index (κ1) is 14.3. The van der Waals surface area contributed by atoms with Gasteiger partial charge in [0, 0.05) is 11.4 Å². The van der Waals surface area contributed by atoms with Gasteiger partial charge in [0.2, 0.25) is 5.91 Å². The average molecular weight is 271 g/mol. The van der Waals surface area contributed by atoms with Crippen molar-refractivity contribution >= 4 is 11.6 Å². The molecule has 106 valence electrons. The van der Waals surface area contributed by atoms with E-state index in [1.807, 2.05) is 62.7 Å². The number of carbonyl (C=O) groups is 1. The second-order valence-electron chi connectivity index (χ2n) is 5.37. The molecule has 1 aromatic carbocycles. The van der Waals surface area contributed by atoms with E-state index in [1.165, 1.54) is 5.56 Å². The Kier molecular flexibility index (Phi) is 4.23. The number of hydrogen-bond donors (Lipinski definition) is 1. The molecule has 20 heavy (non-hydrogen) atoms. The fraction of sp³-hybridized carbons (Fsp3) is 0.375. The Morgan fingerprint density at radius 3 is 2.45 bits per heavy atom. The molecule has 0 unspecified atom stereocenters. The molecule has 0 aliphatic heterocycles. The minimum absolute atomic E-state index is 0.0152. The zero-order valence-corrected chi connectivity index (χ0v) is 12.5. The van der Waals surface area contributed by atoms with E-state index in [4.69, 9.17) is 0 Å². The van der Waals surface area contributed by atoms with Crippen LogP contribution < -0.4 is 5.32 Å². The summed E-state index contributed by atoms with van der Waals surface area (Å²) in [5.41, 5.74) is 4.07. The van der Waals surface area contributed by atoms with Crippen LogP contribution in [0.15, 0.2) is 30.3 Å². The topological polar surface area (TPSA) is 46.9 Å². The third kappa shape index (κ3) is 3.47. The number of carbonyl (C=O) groups excluding carboxylic acids is 1. The van der Waals surface area contributed by atoms with Gasteiger partial charge in [0.25, 0.3) is 0 Å². The highest BCUT2D eigenvalue weighted by molar-refractivity contribution is 5.92. The molecule has 4 nitrogen and oxygen atoms in total. The molecule has 1 heterocycles. The first-order valence-electron chi connectivity index (χ1n) is 6.84. The van der Waals surface area contributed by atoms with Gasteiger partial charge < -0.3 is 5.32 Å². The van der Waals surface area contributed by atoms with Crippen LogP contribution in [-0.2, 0) is 11.3 Å². The Bertz CT molecular complexity index is 599. The molecule has 0 aliphatic rings. The van der Waals surface area contributed by atoms with E-state index in [9.17, 15) is 4.79 Å². The van der Waals surface area contributed by atoms with Crippen molar-refractivity contribution in [3.63, 3.8) is 0 Å².